The van der Waals surface area contributed by atoms with Crippen molar-refractivity contribution in [2.75, 3.05) is 25.5 Å². The molecule has 4 nitrogen and oxygen atoms in total. The van der Waals surface area contributed by atoms with E-state index in [2.05, 4.69) is 30.1 Å². The van der Waals surface area contributed by atoms with Gasteiger partial charge in [0.15, 0.2) is 0 Å². The lowest BCUT2D eigenvalue weighted by Gasteiger charge is -2.22. The van der Waals surface area contributed by atoms with E-state index in [1.54, 1.807) is 6.92 Å². The Bertz CT molecular complexity index is 656. The highest BCUT2D eigenvalue weighted by Crippen LogP contribution is 2.32. The summed E-state index contributed by atoms with van der Waals surface area (Å²) in [6, 6.07) is 0. The second-order valence-corrected chi connectivity index (χ2v) is 5.72. The Morgan fingerprint density at radius 1 is 1.52 bits per heavy atom. The van der Waals surface area contributed by atoms with Crippen molar-refractivity contribution >= 4 is 29.8 Å². The monoisotopic (exact) mass is 310 g/mol. The van der Waals surface area contributed by atoms with Crippen molar-refractivity contribution in [2.24, 2.45) is 0 Å². The van der Waals surface area contributed by atoms with Crippen molar-refractivity contribution in [1.29, 1.82) is 5.41 Å². The normalized spacial score (nSPS) is 13.0. The van der Waals surface area contributed by atoms with Crippen LogP contribution in [0.15, 0.2) is 18.7 Å². The lowest BCUT2D eigenvalue weighted by Crippen LogP contribution is -2.29. The van der Waals surface area contributed by atoms with Crippen molar-refractivity contribution in [3.63, 3.8) is 0 Å². The highest BCUT2D eigenvalue weighted by Gasteiger charge is 2.17. The number of amidine groups is 1. The Hall–Kier alpha value is -2.36. The molecule has 0 aromatic carbocycles. The fourth-order valence-electron chi connectivity index (χ4n) is 2.67. The first kappa shape index (κ1) is 17.0. The van der Waals surface area contributed by atoms with Crippen LogP contribution < -0.4 is 5.32 Å². The topological polar surface area (TPSA) is 52.0 Å². The van der Waals surface area contributed by atoms with Crippen LogP contribution in [0.1, 0.15) is 42.8 Å². The van der Waals surface area contributed by atoms with Crippen molar-refractivity contribution < 1.29 is 0 Å². The molecule has 2 rings (SSSR count). The third-order valence-electron chi connectivity index (χ3n) is 4.06. The molecule has 2 N–H and O–H groups in total. The molecule has 0 fully saturated rings. The first-order chi connectivity index (χ1) is 11.1. The molecule has 0 bridgehead atoms. The van der Waals surface area contributed by atoms with E-state index in [-0.39, 0.29) is 0 Å². The van der Waals surface area contributed by atoms with Crippen LogP contribution in [0, 0.1) is 5.41 Å². The zero-order chi connectivity index (χ0) is 16.8. The molecule has 122 valence electrons. The number of fused-ring (bicyclic) bond motifs is 1. The molecule has 0 unspecified atom stereocenters. The fraction of sp³-hybridized carbons (Fsp3) is 0.368. The highest BCUT2D eigenvalue weighted by molar-refractivity contribution is 5.82. The van der Waals surface area contributed by atoms with Gasteiger partial charge in [-0.2, -0.15) is 0 Å². The zero-order valence-corrected chi connectivity index (χ0v) is 14.3. The Morgan fingerprint density at radius 3 is 2.96 bits per heavy atom. The van der Waals surface area contributed by atoms with E-state index in [1.165, 1.54) is 5.56 Å². The first-order valence-electron chi connectivity index (χ1n) is 8.07. The van der Waals surface area contributed by atoms with Crippen LogP contribution in [0.25, 0.3) is 18.2 Å². The van der Waals surface area contributed by atoms with Gasteiger partial charge in [0.2, 0.25) is 0 Å². The van der Waals surface area contributed by atoms with E-state index >= 15 is 0 Å². The van der Waals surface area contributed by atoms with Gasteiger partial charge in [0.05, 0.1) is 22.9 Å². The molecular formula is C19H26N4. The summed E-state index contributed by atoms with van der Waals surface area (Å²) in [7, 11) is 1.94. The molecule has 0 saturated carbocycles. The lowest BCUT2D eigenvalue weighted by atomic mass is 9.96. The molecule has 1 aromatic heterocycles. The van der Waals surface area contributed by atoms with Gasteiger partial charge in [0, 0.05) is 31.3 Å². The number of hydrogen-bond acceptors (Lipinski definition) is 3. The molecule has 0 saturated heterocycles. The molecule has 0 spiro atoms. The number of rotatable bonds is 6. The first-order valence-corrected chi connectivity index (χ1v) is 8.07. The van der Waals surface area contributed by atoms with Crippen LogP contribution in [-0.2, 0) is 6.42 Å². The van der Waals surface area contributed by atoms with Gasteiger partial charge in [0.25, 0.3) is 0 Å². The van der Waals surface area contributed by atoms with Crippen LogP contribution in [-0.4, -0.2) is 35.9 Å². The standard InChI is InChI=1S/C19H26N4/c1-5-9-15-17(6-2)22-18-11-8-7-10-16(18)19(15)21-12-13-23(4)14(3)20/h5-7,9-10,20H,2,8,11-13H2,1,3-4H3,(H,21,22)/b9-5-,20-14?. The third-order valence-corrected chi connectivity index (χ3v) is 4.06. The largest absolute Gasteiger partial charge is 0.382 e. The smallest absolute Gasteiger partial charge is 0.0923 e. The molecular weight excluding hydrogens is 284 g/mol. The minimum Gasteiger partial charge on any atom is -0.382 e. The van der Waals surface area contributed by atoms with Crippen LogP contribution in [0.2, 0.25) is 0 Å². The van der Waals surface area contributed by atoms with Crippen LogP contribution >= 0.6 is 0 Å². The number of aromatic nitrogens is 1. The number of nitrogens with one attached hydrogen (secondary N) is 2. The summed E-state index contributed by atoms with van der Waals surface area (Å²) in [5.41, 5.74) is 5.45. The maximum absolute atomic E-state index is 7.66. The minimum atomic E-state index is 0.573. The number of hydrogen-bond donors (Lipinski definition) is 2. The lowest BCUT2D eigenvalue weighted by molar-refractivity contribution is 0.516. The van der Waals surface area contributed by atoms with E-state index < -0.39 is 0 Å². The van der Waals surface area contributed by atoms with Crippen LogP contribution in [0.5, 0.6) is 0 Å². The summed E-state index contributed by atoms with van der Waals surface area (Å²) in [6.07, 6.45) is 12.3. The zero-order valence-electron chi connectivity index (χ0n) is 14.3. The molecule has 4 heteroatoms. The summed E-state index contributed by atoms with van der Waals surface area (Å²) in [6.45, 7) is 9.30. The Labute approximate surface area is 139 Å². The number of nitrogens with zero attached hydrogens (tertiary/aromatic N) is 2. The van der Waals surface area contributed by atoms with Crippen molar-refractivity contribution in [3.8, 4) is 0 Å². The molecule has 0 aliphatic heterocycles. The number of pyridine rings is 1. The van der Waals surface area contributed by atoms with E-state index in [9.17, 15) is 0 Å². The SMILES string of the molecule is C=Cc1nc2c(c(NCCN(C)C(C)=N)c1/C=C\C)C=CCC2. The molecule has 1 aliphatic carbocycles. The maximum Gasteiger partial charge on any atom is 0.0923 e. The summed E-state index contributed by atoms with van der Waals surface area (Å²) in [4.78, 5) is 6.71. The predicted octanol–water partition coefficient (Wildman–Crippen LogP) is 4.06. The van der Waals surface area contributed by atoms with E-state index in [0.717, 1.165) is 48.6 Å². The number of allylic oxidation sites excluding steroid dienone is 2. The molecule has 1 heterocycles. The number of aryl methyl sites for hydroxylation is 1. The Balaban J connectivity index is 2.36. The van der Waals surface area contributed by atoms with Gasteiger partial charge in [0.1, 0.15) is 0 Å². The van der Waals surface area contributed by atoms with Crippen molar-refractivity contribution in [3.05, 3.63) is 41.2 Å². The Morgan fingerprint density at radius 2 is 2.30 bits per heavy atom. The summed E-state index contributed by atoms with van der Waals surface area (Å²) in [5.74, 6) is 0.573. The molecule has 0 amide bonds. The summed E-state index contributed by atoms with van der Waals surface area (Å²) < 4.78 is 0. The second kappa shape index (κ2) is 7.77. The van der Waals surface area contributed by atoms with Gasteiger partial charge >= 0.3 is 0 Å². The van der Waals surface area contributed by atoms with Gasteiger partial charge in [-0.25, -0.2) is 0 Å². The Kier molecular flexibility index (Phi) is 5.74. The molecule has 1 aliphatic rings. The van der Waals surface area contributed by atoms with E-state index in [1.807, 2.05) is 31.0 Å². The highest BCUT2D eigenvalue weighted by atomic mass is 15.1. The summed E-state index contributed by atoms with van der Waals surface area (Å²) >= 11 is 0. The van der Waals surface area contributed by atoms with Gasteiger partial charge in [-0.1, -0.05) is 30.9 Å². The van der Waals surface area contributed by atoms with Gasteiger partial charge in [-0.3, -0.25) is 10.4 Å². The van der Waals surface area contributed by atoms with Crippen molar-refractivity contribution in [1.82, 2.24) is 9.88 Å². The quantitative estimate of drug-likeness (QED) is 0.615. The second-order valence-electron chi connectivity index (χ2n) is 5.72. The van der Waals surface area contributed by atoms with E-state index in [4.69, 9.17) is 10.4 Å². The average molecular weight is 310 g/mol. The van der Waals surface area contributed by atoms with Gasteiger partial charge < -0.3 is 10.2 Å². The molecule has 23 heavy (non-hydrogen) atoms. The third kappa shape index (κ3) is 3.89. The number of anilines is 1. The maximum atomic E-state index is 7.66. The molecule has 0 atom stereocenters. The fourth-order valence-corrected chi connectivity index (χ4v) is 2.67. The van der Waals surface area contributed by atoms with Crippen LogP contribution in [0.4, 0.5) is 5.69 Å². The molecule has 1 aromatic rings. The average Bonchev–Trinajstić information content (AvgIpc) is 2.55. The van der Waals surface area contributed by atoms with Crippen LogP contribution in [0.3, 0.4) is 0 Å². The van der Waals surface area contributed by atoms with Gasteiger partial charge in [-0.05, 0) is 32.8 Å². The number of likely N-dealkylation sites (N-methyl/N-ethyl adjacent to an activating group) is 1. The minimum absolute atomic E-state index is 0.573. The van der Waals surface area contributed by atoms with Gasteiger partial charge in [-0.15, -0.1) is 0 Å². The van der Waals surface area contributed by atoms with Crippen molar-refractivity contribution in [2.45, 2.75) is 26.7 Å². The predicted molar refractivity (Wildman–Crippen MR) is 101 cm³/mol. The van der Waals surface area contributed by atoms with E-state index in [0.29, 0.717) is 5.84 Å². The molecule has 0 radical (unpaired) electrons. The summed E-state index contributed by atoms with van der Waals surface area (Å²) in [5, 5.41) is 11.2.